The number of sulfonamides is 1. The number of rotatable bonds is 5. The maximum absolute atomic E-state index is 13.2. The van der Waals surface area contributed by atoms with Crippen LogP contribution in [0, 0.1) is 12.3 Å². The van der Waals surface area contributed by atoms with Gasteiger partial charge in [-0.2, -0.15) is 0 Å². The van der Waals surface area contributed by atoms with Crippen LogP contribution in [0.1, 0.15) is 32.3 Å². The normalized spacial score (nSPS) is 23.7. The van der Waals surface area contributed by atoms with Crippen LogP contribution in [-0.2, 0) is 19.6 Å². The van der Waals surface area contributed by atoms with Crippen molar-refractivity contribution >= 4 is 21.8 Å². The molecule has 3 rings (SSSR count). The number of carbonyl (C=O) groups excluding carboxylic acids is 2. The van der Waals surface area contributed by atoms with Crippen LogP contribution in [0.4, 0.5) is 0 Å². The third kappa shape index (κ3) is 4.37. The van der Waals surface area contributed by atoms with Crippen LogP contribution in [0.25, 0.3) is 0 Å². The largest absolute Gasteiger partial charge is 0.342 e. The molecule has 2 amide bonds. The highest BCUT2D eigenvalue weighted by molar-refractivity contribution is 7.89. The van der Waals surface area contributed by atoms with E-state index in [0.717, 1.165) is 29.4 Å². The summed E-state index contributed by atoms with van der Waals surface area (Å²) >= 11 is 0. The zero-order chi connectivity index (χ0) is 22.1. The number of benzene rings is 1. The Morgan fingerprint density at radius 3 is 2.57 bits per heavy atom. The van der Waals surface area contributed by atoms with E-state index in [2.05, 4.69) is 24.5 Å². The quantitative estimate of drug-likeness (QED) is 0.725. The Morgan fingerprint density at radius 1 is 1.27 bits per heavy atom. The molecule has 1 saturated heterocycles. The van der Waals surface area contributed by atoms with E-state index in [1.807, 2.05) is 6.92 Å². The van der Waals surface area contributed by atoms with Crippen molar-refractivity contribution in [2.24, 2.45) is 5.41 Å². The number of hydrogen-bond acceptors (Lipinski definition) is 5. The fraction of sp³-hybridized carbons (Fsp3) is 0.524. The van der Waals surface area contributed by atoms with E-state index < -0.39 is 22.0 Å². The molecular weight excluding hydrogens is 404 g/mol. The van der Waals surface area contributed by atoms with Crippen molar-refractivity contribution < 1.29 is 18.0 Å². The number of nitrogens with one attached hydrogen (secondary N) is 2. The second-order valence-electron chi connectivity index (χ2n) is 8.67. The summed E-state index contributed by atoms with van der Waals surface area (Å²) in [6.07, 6.45) is 3.17. The molecule has 2 aliphatic rings. The average molecular weight is 435 g/mol. The minimum absolute atomic E-state index is 0.00981. The second kappa shape index (κ2) is 8.39. The van der Waals surface area contributed by atoms with Gasteiger partial charge >= 0.3 is 0 Å². The molecule has 0 bridgehead atoms. The summed E-state index contributed by atoms with van der Waals surface area (Å²) in [4.78, 5) is 27.4. The van der Waals surface area contributed by atoms with Crippen molar-refractivity contribution in [3.63, 3.8) is 0 Å². The zero-order valence-corrected chi connectivity index (χ0v) is 18.7. The van der Waals surface area contributed by atoms with E-state index >= 15 is 0 Å². The Labute approximate surface area is 178 Å². The minimum Gasteiger partial charge on any atom is -0.342 e. The predicted molar refractivity (Wildman–Crippen MR) is 114 cm³/mol. The highest BCUT2D eigenvalue weighted by atomic mass is 32.2. The lowest BCUT2D eigenvalue weighted by Crippen LogP contribution is -2.56. The fourth-order valence-electron chi connectivity index (χ4n) is 4.13. The third-order valence-electron chi connectivity index (χ3n) is 5.96. The second-order valence-corrected chi connectivity index (χ2v) is 10.5. The van der Waals surface area contributed by atoms with Crippen LogP contribution < -0.4 is 10.6 Å². The van der Waals surface area contributed by atoms with Crippen molar-refractivity contribution in [2.45, 2.75) is 50.6 Å². The molecule has 0 aliphatic carbocycles. The van der Waals surface area contributed by atoms with Crippen LogP contribution in [0.5, 0.6) is 0 Å². The summed E-state index contributed by atoms with van der Waals surface area (Å²) in [6, 6.07) is 5.29. The molecule has 2 aliphatic heterocycles. The molecule has 1 aromatic carbocycles. The molecule has 2 N–H and O–H groups in total. The van der Waals surface area contributed by atoms with E-state index in [9.17, 15) is 18.0 Å². The van der Waals surface area contributed by atoms with Gasteiger partial charge in [-0.1, -0.05) is 31.5 Å². The van der Waals surface area contributed by atoms with Gasteiger partial charge in [0.15, 0.2) is 0 Å². The first-order valence-electron chi connectivity index (χ1n) is 10.1. The van der Waals surface area contributed by atoms with Crippen molar-refractivity contribution in [1.29, 1.82) is 0 Å². The van der Waals surface area contributed by atoms with E-state index in [1.54, 1.807) is 24.1 Å². The van der Waals surface area contributed by atoms with Gasteiger partial charge in [0.1, 0.15) is 6.04 Å². The molecular formula is C21H30N4O4S. The number of nitrogens with zero attached hydrogens (tertiary/aromatic N) is 2. The van der Waals surface area contributed by atoms with Gasteiger partial charge in [-0.15, -0.1) is 0 Å². The Hall–Kier alpha value is -2.39. The molecule has 30 heavy (non-hydrogen) atoms. The first kappa shape index (κ1) is 22.3. The average Bonchev–Trinajstić information content (AvgIpc) is 2.68. The lowest BCUT2D eigenvalue weighted by atomic mass is 9.79. The molecule has 9 heteroatoms. The van der Waals surface area contributed by atoms with Gasteiger partial charge in [0, 0.05) is 32.0 Å². The molecule has 8 nitrogen and oxygen atoms in total. The lowest BCUT2D eigenvalue weighted by molar-refractivity contribution is -0.138. The molecule has 0 spiro atoms. The van der Waals surface area contributed by atoms with E-state index in [1.165, 1.54) is 24.5 Å². The molecule has 2 atom stereocenters. The van der Waals surface area contributed by atoms with Crippen LogP contribution in [0.3, 0.4) is 0 Å². The molecule has 2 heterocycles. The van der Waals surface area contributed by atoms with Gasteiger partial charge in [0.05, 0.1) is 11.3 Å². The van der Waals surface area contributed by atoms with Crippen molar-refractivity contribution in [1.82, 2.24) is 19.8 Å². The summed E-state index contributed by atoms with van der Waals surface area (Å²) in [6.45, 7) is 7.65. The van der Waals surface area contributed by atoms with Crippen LogP contribution in [-0.4, -0.2) is 61.7 Å². The van der Waals surface area contributed by atoms with Gasteiger partial charge in [0.2, 0.25) is 11.8 Å². The number of amides is 2. The third-order valence-corrected chi connectivity index (χ3v) is 7.76. The molecule has 164 valence electrons. The van der Waals surface area contributed by atoms with Crippen molar-refractivity contribution in [2.75, 3.05) is 20.1 Å². The summed E-state index contributed by atoms with van der Waals surface area (Å²) in [5.74, 6) is -0.769. The summed E-state index contributed by atoms with van der Waals surface area (Å²) in [5.41, 5.74) is 0.809. The topological polar surface area (TPSA) is 98.8 Å². The number of carbonyl (C=O) groups is 2. The first-order chi connectivity index (χ1) is 14.0. The van der Waals surface area contributed by atoms with Crippen LogP contribution in [0.15, 0.2) is 41.6 Å². The molecule has 1 fully saturated rings. The maximum Gasteiger partial charge on any atom is 0.264 e. The standard InChI is InChI=1S/C21H30N4O4S/c1-15-5-7-16(8-6-15)30(28,29)25-12-11-23-20(27)17(25)13-19(26)24(4)18-9-10-22-14-21(18,2)3/h5-8,11-12,17-18,22H,9-10,13-14H2,1-4H3,(H,23,27)/t17-,18+/m1/s1. The molecule has 1 aromatic rings. The Kier molecular flexibility index (Phi) is 6.24. The van der Waals surface area contributed by atoms with E-state index in [4.69, 9.17) is 0 Å². The SMILES string of the molecule is Cc1ccc(S(=O)(=O)N2C=CNC(=O)[C@H]2CC(=O)N(C)[C@H]2CCNCC2(C)C)cc1. The van der Waals surface area contributed by atoms with Crippen LogP contribution >= 0.6 is 0 Å². The monoisotopic (exact) mass is 434 g/mol. The van der Waals surface area contributed by atoms with E-state index in [0.29, 0.717) is 0 Å². The summed E-state index contributed by atoms with van der Waals surface area (Å²) in [7, 11) is -2.24. The van der Waals surface area contributed by atoms with Gasteiger partial charge in [0.25, 0.3) is 10.0 Å². The fourth-order valence-corrected chi connectivity index (χ4v) is 5.58. The molecule has 0 radical (unpaired) electrons. The highest BCUT2D eigenvalue weighted by Crippen LogP contribution is 2.30. The van der Waals surface area contributed by atoms with Crippen LogP contribution in [0.2, 0.25) is 0 Å². The van der Waals surface area contributed by atoms with E-state index in [-0.39, 0.29) is 28.7 Å². The molecule has 0 aromatic heterocycles. The first-order valence-corrected chi connectivity index (χ1v) is 11.5. The Bertz CT molecular complexity index is 940. The Balaban J connectivity index is 1.83. The maximum atomic E-state index is 13.2. The van der Waals surface area contributed by atoms with Crippen molar-refractivity contribution in [3.05, 3.63) is 42.2 Å². The number of aryl methyl sites for hydroxylation is 1. The van der Waals surface area contributed by atoms with Gasteiger partial charge in [-0.25, -0.2) is 8.42 Å². The van der Waals surface area contributed by atoms with Crippen molar-refractivity contribution in [3.8, 4) is 0 Å². The van der Waals surface area contributed by atoms with Gasteiger partial charge in [-0.05, 0) is 37.4 Å². The predicted octanol–water partition coefficient (Wildman–Crippen LogP) is 1.19. The van der Waals surface area contributed by atoms with Gasteiger partial charge < -0.3 is 15.5 Å². The molecule has 0 saturated carbocycles. The number of hydrogen-bond donors (Lipinski definition) is 2. The highest BCUT2D eigenvalue weighted by Gasteiger charge is 2.41. The Morgan fingerprint density at radius 2 is 1.93 bits per heavy atom. The molecule has 0 unspecified atom stereocenters. The zero-order valence-electron chi connectivity index (χ0n) is 17.9. The summed E-state index contributed by atoms with van der Waals surface area (Å²) < 4.78 is 27.3. The minimum atomic E-state index is -3.97. The summed E-state index contributed by atoms with van der Waals surface area (Å²) in [5, 5.41) is 5.87. The van der Waals surface area contributed by atoms with Gasteiger partial charge in [-0.3, -0.25) is 13.9 Å². The number of piperidine rings is 1. The lowest BCUT2D eigenvalue weighted by Gasteiger charge is -2.44. The smallest absolute Gasteiger partial charge is 0.264 e.